The summed E-state index contributed by atoms with van der Waals surface area (Å²) in [4.78, 5) is 0.959. The minimum Gasteiger partial charge on any atom is -0.494 e. The summed E-state index contributed by atoms with van der Waals surface area (Å²) in [6, 6.07) is 7.87. The van der Waals surface area contributed by atoms with E-state index >= 15 is 0 Å². The first-order valence-electron chi connectivity index (χ1n) is 6.24. The molecule has 0 aromatic heterocycles. The summed E-state index contributed by atoms with van der Waals surface area (Å²) in [7, 11) is 0. The van der Waals surface area contributed by atoms with E-state index < -0.39 is 0 Å². The highest BCUT2D eigenvalue weighted by molar-refractivity contribution is 7.80. The fraction of sp³-hybridized carbons (Fsp3) is 0.571. The topological polar surface area (TPSA) is 9.23 Å². The van der Waals surface area contributed by atoms with Gasteiger partial charge in [0, 0.05) is 4.90 Å². The van der Waals surface area contributed by atoms with Crippen molar-refractivity contribution < 1.29 is 4.74 Å². The minimum absolute atomic E-state index is 0.823. The van der Waals surface area contributed by atoms with Crippen LogP contribution >= 0.6 is 12.6 Å². The lowest BCUT2D eigenvalue weighted by atomic mass is 10.1. The normalized spacial score (nSPS) is 10.4. The maximum Gasteiger partial charge on any atom is 0.120 e. The number of benzene rings is 1. The van der Waals surface area contributed by atoms with Crippen LogP contribution in [-0.4, -0.2) is 6.61 Å². The summed E-state index contributed by atoms with van der Waals surface area (Å²) < 4.78 is 5.64. The molecule has 0 saturated carbocycles. The maximum absolute atomic E-state index is 5.64. The highest BCUT2D eigenvalue weighted by Crippen LogP contribution is 2.16. The molecule has 0 fully saturated rings. The van der Waals surface area contributed by atoms with Gasteiger partial charge >= 0.3 is 0 Å². The average Bonchev–Trinajstić information content (AvgIpc) is 2.28. The number of unbranched alkanes of at least 4 members (excludes halogenated alkanes) is 5. The van der Waals surface area contributed by atoms with Crippen LogP contribution in [0.15, 0.2) is 29.2 Å². The van der Waals surface area contributed by atoms with Gasteiger partial charge in [-0.25, -0.2) is 0 Å². The summed E-state index contributed by atoms with van der Waals surface area (Å²) in [6.07, 6.45) is 7.81. The largest absolute Gasteiger partial charge is 0.494 e. The molecule has 0 N–H and O–H groups in total. The summed E-state index contributed by atoms with van der Waals surface area (Å²) in [5, 5.41) is 0. The van der Waals surface area contributed by atoms with Gasteiger partial charge in [0.15, 0.2) is 0 Å². The van der Waals surface area contributed by atoms with Gasteiger partial charge in [0.25, 0.3) is 0 Å². The molecule has 1 aromatic carbocycles. The Hall–Kier alpha value is -0.630. The fourth-order valence-corrected chi connectivity index (χ4v) is 1.86. The number of hydrogen-bond acceptors (Lipinski definition) is 2. The second-order valence-corrected chi connectivity index (χ2v) is 4.63. The fourth-order valence-electron chi connectivity index (χ4n) is 1.65. The molecule has 0 amide bonds. The van der Waals surface area contributed by atoms with Crippen LogP contribution in [0.2, 0.25) is 0 Å². The lowest BCUT2D eigenvalue weighted by Gasteiger charge is -2.06. The Kier molecular flexibility index (Phi) is 7.15. The number of rotatable bonds is 8. The summed E-state index contributed by atoms with van der Waals surface area (Å²) in [6.45, 7) is 3.07. The molecule has 0 heterocycles. The Balaban J connectivity index is 2.03. The molecule has 1 nitrogen and oxygen atoms in total. The van der Waals surface area contributed by atoms with Gasteiger partial charge in [-0.15, -0.1) is 12.6 Å². The zero-order chi connectivity index (χ0) is 11.6. The SMILES string of the molecule is CCCCCCCCOc1cccc(S)c1. The van der Waals surface area contributed by atoms with Crippen LogP contribution in [-0.2, 0) is 0 Å². The van der Waals surface area contributed by atoms with Gasteiger partial charge in [0.2, 0.25) is 0 Å². The predicted molar refractivity (Wildman–Crippen MR) is 72.6 cm³/mol. The van der Waals surface area contributed by atoms with Crippen molar-refractivity contribution in [2.45, 2.75) is 50.3 Å². The molecule has 0 aliphatic heterocycles. The third-order valence-corrected chi connectivity index (χ3v) is 2.86. The number of thiol groups is 1. The first kappa shape index (κ1) is 13.4. The van der Waals surface area contributed by atoms with E-state index in [-0.39, 0.29) is 0 Å². The minimum atomic E-state index is 0.823. The van der Waals surface area contributed by atoms with Crippen molar-refractivity contribution >= 4 is 12.6 Å². The molecule has 0 spiro atoms. The molecule has 0 unspecified atom stereocenters. The molecular weight excluding hydrogens is 216 g/mol. The highest BCUT2D eigenvalue weighted by atomic mass is 32.1. The van der Waals surface area contributed by atoms with Crippen LogP contribution in [0, 0.1) is 0 Å². The molecule has 16 heavy (non-hydrogen) atoms. The molecule has 0 aliphatic carbocycles. The zero-order valence-electron chi connectivity index (χ0n) is 10.1. The third-order valence-electron chi connectivity index (χ3n) is 2.58. The van der Waals surface area contributed by atoms with Gasteiger partial charge in [0.05, 0.1) is 6.61 Å². The van der Waals surface area contributed by atoms with Crippen LogP contribution in [0.1, 0.15) is 45.4 Å². The van der Waals surface area contributed by atoms with Gasteiger partial charge in [-0.1, -0.05) is 45.1 Å². The summed E-state index contributed by atoms with van der Waals surface area (Å²) in [5.41, 5.74) is 0. The summed E-state index contributed by atoms with van der Waals surface area (Å²) >= 11 is 4.28. The number of ether oxygens (including phenoxy) is 1. The van der Waals surface area contributed by atoms with Crippen molar-refractivity contribution in [2.75, 3.05) is 6.61 Å². The molecule has 0 aliphatic rings. The van der Waals surface area contributed by atoms with Crippen molar-refractivity contribution in [3.05, 3.63) is 24.3 Å². The molecule has 2 heteroatoms. The van der Waals surface area contributed by atoms with Crippen molar-refractivity contribution in [3.63, 3.8) is 0 Å². The Morgan fingerprint density at radius 1 is 1.06 bits per heavy atom. The van der Waals surface area contributed by atoms with Crippen LogP contribution < -0.4 is 4.74 Å². The van der Waals surface area contributed by atoms with Gasteiger partial charge in [-0.3, -0.25) is 0 Å². The van der Waals surface area contributed by atoms with Crippen molar-refractivity contribution in [1.82, 2.24) is 0 Å². The highest BCUT2D eigenvalue weighted by Gasteiger charge is 1.94. The van der Waals surface area contributed by atoms with Crippen molar-refractivity contribution in [3.8, 4) is 5.75 Å². The quantitative estimate of drug-likeness (QED) is 0.509. The Morgan fingerprint density at radius 2 is 1.81 bits per heavy atom. The first-order valence-corrected chi connectivity index (χ1v) is 6.69. The second kappa shape index (κ2) is 8.51. The summed E-state index contributed by atoms with van der Waals surface area (Å²) in [5.74, 6) is 0.932. The lowest BCUT2D eigenvalue weighted by molar-refractivity contribution is 0.304. The maximum atomic E-state index is 5.64. The Bertz CT molecular complexity index is 286. The van der Waals surface area contributed by atoms with Crippen LogP contribution in [0.4, 0.5) is 0 Å². The standard InChI is InChI=1S/C14H22OS/c1-2-3-4-5-6-7-11-15-13-9-8-10-14(16)12-13/h8-10,12,16H,2-7,11H2,1H3. The van der Waals surface area contributed by atoms with Crippen molar-refractivity contribution in [1.29, 1.82) is 0 Å². The molecule has 0 bridgehead atoms. The monoisotopic (exact) mass is 238 g/mol. The van der Waals surface area contributed by atoms with Crippen LogP contribution in [0.25, 0.3) is 0 Å². The van der Waals surface area contributed by atoms with E-state index in [1.165, 1.54) is 32.1 Å². The van der Waals surface area contributed by atoms with Crippen LogP contribution in [0.5, 0.6) is 5.75 Å². The average molecular weight is 238 g/mol. The molecule has 1 rings (SSSR count). The Labute approximate surface area is 105 Å². The van der Waals surface area contributed by atoms with E-state index in [9.17, 15) is 0 Å². The lowest BCUT2D eigenvalue weighted by Crippen LogP contribution is -1.97. The predicted octanol–water partition coefficient (Wildman–Crippen LogP) is 4.71. The van der Waals surface area contributed by atoms with Gasteiger partial charge in [0.1, 0.15) is 5.75 Å². The smallest absolute Gasteiger partial charge is 0.120 e. The van der Waals surface area contributed by atoms with E-state index in [2.05, 4.69) is 19.6 Å². The van der Waals surface area contributed by atoms with E-state index in [4.69, 9.17) is 4.74 Å². The molecule has 0 saturated heterocycles. The van der Waals surface area contributed by atoms with Gasteiger partial charge < -0.3 is 4.74 Å². The molecule has 90 valence electrons. The zero-order valence-corrected chi connectivity index (χ0v) is 11.0. The molecular formula is C14H22OS. The van der Waals surface area contributed by atoms with E-state index in [0.29, 0.717) is 0 Å². The third kappa shape index (κ3) is 6.06. The van der Waals surface area contributed by atoms with E-state index in [1.807, 2.05) is 24.3 Å². The van der Waals surface area contributed by atoms with Crippen LogP contribution in [0.3, 0.4) is 0 Å². The number of hydrogen-bond donors (Lipinski definition) is 1. The molecule has 1 aromatic rings. The van der Waals surface area contributed by atoms with Gasteiger partial charge in [-0.05, 0) is 24.6 Å². The molecule has 0 atom stereocenters. The van der Waals surface area contributed by atoms with E-state index in [1.54, 1.807) is 0 Å². The first-order chi connectivity index (χ1) is 7.83. The molecule has 0 radical (unpaired) electrons. The second-order valence-electron chi connectivity index (χ2n) is 4.11. The van der Waals surface area contributed by atoms with E-state index in [0.717, 1.165) is 23.7 Å². The Morgan fingerprint density at radius 3 is 2.56 bits per heavy atom. The van der Waals surface area contributed by atoms with Gasteiger partial charge in [-0.2, -0.15) is 0 Å². The van der Waals surface area contributed by atoms with Crippen molar-refractivity contribution in [2.24, 2.45) is 0 Å².